The number of carbonyl (C=O) groups is 1. The van der Waals surface area contributed by atoms with Crippen LogP contribution >= 0.6 is 22.6 Å². The second kappa shape index (κ2) is 6.47. The van der Waals surface area contributed by atoms with Crippen LogP contribution in [0.15, 0.2) is 60.7 Å². The lowest BCUT2D eigenvalue weighted by Crippen LogP contribution is -2.29. The van der Waals surface area contributed by atoms with Crippen LogP contribution in [0, 0.1) is 0 Å². The molecule has 108 valence electrons. The Labute approximate surface area is 138 Å². The van der Waals surface area contributed by atoms with E-state index in [1.165, 1.54) is 0 Å². The van der Waals surface area contributed by atoms with E-state index in [9.17, 15) is 4.79 Å². The SMILES string of the molecule is O=C1O[C@@H](CI)[C@@H](c2ccccc2)N1Cc1ccccc1. The standard InChI is InChI=1S/C17H16INO2/c18-11-15-16(14-9-5-2-6-10-14)19(17(20)21-15)12-13-7-3-1-4-8-13/h1-10,15-16H,11-12H2/t15-,16+/m0/s1. The van der Waals surface area contributed by atoms with Crippen molar-refractivity contribution in [1.29, 1.82) is 0 Å². The van der Waals surface area contributed by atoms with Gasteiger partial charge in [0.2, 0.25) is 0 Å². The van der Waals surface area contributed by atoms with E-state index >= 15 is 0 Å². The lowest BCUT2D eigenvalue weighted by molar-refractivity contribution is 0.139. The highest BCUT2D eigenvalue weighted by atomic mass is 127. The summed E-state index contributed by atoms with van der Waals surface area (Å²) in [5, 5.41) is 0. The quantitative estimate of drug-likeness (QED) is 0.576. The lowest BCUT2D eigenvalue weighted by atomic mass is 10.0. The second-order valence-corrected chi connectivity index (χ2v) is 5.93. The third-order valence-electron chi connectivity index (χ3n) is 3.66. The first-order valence-electron chi connectivity index (χ1n) is 6.91. The summed E-state index contributed by atoms with van der Waals surface area (Å²) >= 11 is 2.28. The predicted molar refractivity (Wildman–Crippen MR) is 90.3 cm³/mol. The number of cyclic esters (lactones) is 1. The van der Waals surface area contributed by atoms with Gasteiger partial charge in [-0.1, -0.05) is 83.3 Å². The fraction of sp³-hybridized carbons (Fsp3) is 0.235. The molecule has 0 saturated carbocycles. The second-order valence-electron chi connectivity index (χ2n) is 5.05. The number of hydrogen-bond donors (Lipinski definition) is 0. The first kappa shape index (κ1) is 14.4. The minimum absolute atomic E-state index is 0.0178. The van der Waals surface area contributed by atoms with Crippen LogP contribution in [0.5, 0.6) is 0 Å². The number of halogens is 1. The van der Waals surface area contributed by atoms with Crippen molar-refractivity contribution in [2.45, 2.75) is 18.7 Å². The summed E-state index contributed by atoms with van der Waals surface area (Å²) in [5.41, 5.74) is 2.24. The zero-order valence-corrected chi connectivity index (χ0v) is 13.6. The molecule has 0 aliphatic carbocycles. The number of carbonyl (C=O) groups excluding carboxylic acids is 1. The monoisotopic (exact) mass is 393 g/mol. The molecule has 2 atom stereocenters. The van der Waals surface area contributed by atoms with Crippen molar-refractivity contribution in [3.8, 4) is 0 Å². The maximum atomic E-state index is 12.2. The van der Waals surface area contributed by atoms with E-state index in [1.807, 2.05) is 53.4 Å². The van der Waals surface area contributed by atoms with Crippen LogP contribution in [-0.2, 0) is 11.3 Å². The highest BCUT2D eigenvalue weighted by Gasteiger charge is 2.41. The van der Waals surface area contributed by atoms with Crippen molar-refractivity contribution in [2.24, 2.45) is 0 Å². The number of ether oxygens (including phenoxy) is 1. The molecule has 2 aromatic rings. The molecule has 2 aromatic carbocycles. The molecule has 1 aliphatic rings. The van der Waals surface area contributed by atoms with Gasteiger partial charge in [0.25, 0.3) is 0 Å². The minimum atomic E-state index is -0.227. The molecule has 1 heterocycles. The van der Waals surface area contributed by atoms with Gasteiger partial charge in [-0.25, -0.2) is 4.79 Å². The molecule has 21 heavy (non-hydrogen) atoms. The summed E-state index contributed by atoms with van der Waals surface area (Å²) in [6.45, 7) is 0.576. The van der Waals surface area contributed by atoms with Crippen molar-refractivity contribution in [3.63, 3.8) is 0 Å². The van der Waals surface area contributed by atoms with Gasteiger partial charge in [0.05, 0.1) is 6.04 Å². The van der Waals surface area contributed by atoms with E-state index in [1.54, 1.807) is 0 Å². The number of amides is 1. The molecule has 1 fully saturated rings. The first-order valence-corrected chi connectivity index (χ1v) is 8.44. The van der Waals surface area contributed by atoms with Gasteiger partial charge in [-0.15, -0.1) is 0 Å². The Balaban J connectivity index is 1.90. The molecule has 0 bridgehead atoms. The molecule has 0 radical (unpaired) electrons. The van der Waals surface area contributed by atoms with Gasteiger partial charge in [-0.3, -0.25) is 4.90 Å². The fourth-order valence-corrected chi connectivity index (χ4v) is 3.34. The van der Waals surface area contributed by atoms with Gasteiger partial charge in [-0.2, -0.15) is 0 Å². The van der Waals surface area contributed by atoms with Gasteiger partial charge in [0, 0.05) is 11.0 Å². The van der Waals surface area contributed by atoms with Crippen molar-refractivity contribution >= 4 is 28.7 Å². The van der Waals surface area contributed by atoms with Gasteiger partial charge in [0.1, 0.15) is 6.10 Å². The van der Waals surface area contributed by atoms with E-state index < -0.39 is 0 Å². The van der Waals surface area contributed by atoms with E-state index in [-0.39, 0.29) is 18.2 Å². The van der Waals surface area contributed by atoms with Gasteiger partial charge in [-0.05, 0) is 11.1 Å². The minimum Gasteiger partial charge on any atom is -0.443 e. The molecule has 0 unspecified atom stereocenters. The smallest absolute Gasteiger partial charge is 0.411 e. The Morgan fingerprint density at radius 2 is 1.62 bits per heavy atom. The Bertz CT molecular complexity index is 603. The van der Waals surface area contributed by atoms with Crippen LogP contribution in [0.2, 0.25) is 0 Å². The number of hydrogen-bond acceptors (Lipinski definition) is 2. The van der Waals surface area contributed by atoms with Crippen LogP contribution < -0.4 is 0 Å². The molecular formula is C17H16INO2. The number of alkyl halides is 1. The lowest BCUT2D eigenvalue weighted by Gasteiger charge is -2.24. The van der Waals surface area contributed by atoms with Crippen molar-refractivity contribution in [1.82, 2.24) is 4.90 Å². The highest BCUT2D eigenvalue weighted by Crippen LogP contribution is 2.35. The summed E-state index contributed by atoms with van der Waals surface area (Å²) in [6.07, 6.45) is -0.321. The molecule has 3 rings (SSSR count). The number of rotatable bonds is 4. The summed E-state index contributed by atoms with van der Waals surface area (Å²) in [6, 6.07) is 20.1. The Morgan fingerprint density at radius 1 is 1.00 bits per heavy atom. The normalized spacial score (nSPS) is 21.4. The zero-order chi connectivity index (χ0) is 14.7. The first-order chi connectivity index (χ1) is 10.3. The Morgan fingerprint density at radius 3 is 2.24 bits per heavy atom. The molecule has 0 N–H and O–H groups in total. The summed E-state index contributed by atoms with van der Waals surface area (Å²) in [5.74, 6) is 0. The number of benzene rings is 2. The molecule has 1 aliphatic heterocycles. The Hall–Kier alpha value is -1.56. The summed E-state index contributed by atoms with van der Waals surface area (Å²) < 4.78 is 6.33. The van der Waals surface area contributed by atoms with Crippen molar-refractivity contribution in [2.75, 3.05) is 4.43 Å². The summed E-state index contributed by atoms with van der Waals surface area (Å²) in [7, 11) is 0. The van der Waals surface area contributed by atoms with Crippen LogP contribution in [0.1, 0.15) is 17.2 Å². The maximum Gasteiger partial charge on any atom is 0.411 e. The van der Waals surface area contributed by atoms with Gasteiger partial charge in [0.15, 0.2) is 0 Å². The van der Waals surface area contributed by atoms with Gasteiger partial charge < -0.3 is 4.74 Å². The summed E-state index contributed by atoms with van der Waals surface area (Å²) in [4.78, 5) is 14.1. The molecule has 0 spiro atoms. The zero-order valence-electron chi connectivity index (χ0n) is 11.5. The van der Waals surface area contributed by atoms with Gasteiger partial charge >= 0.3 is 6.09 Å². The molecule has 0 aromatic heterocycles. The average Bonchev–Trinajstić information content (AvgIpc) is 2.85. The van der Waals surface area contributed by atoms with E-state index in [0.29, 0.717) is 6.54 Å². The van der Waals surface area contributed by atoms with Crippen molar-refractivity contribution < 1.29 is 9.53 Å². The Kier molecular flexibility index (Phi) is 4.43. The van der Waals surface area contributed by atoms with Crippen LogP contribution in [0.25, 0.3) is 0 Å². The van der Waals surface area contributed by atoms with Crippen molar-refractivity contribution in [3.05, 3.63) is 71.8 Å². The van der Waals surface area contributed by atoms with E-state index in [4.69, 9.17) is 4.74 Å². The molecular weight excluding hydrogens is 377 g/mol. The maximum absolute atomic E-state index is 12.2. The fourth-order valence-electron chi connectivity index (χ4n) is 2.68. The predicted octanol–water partition coefficient (Wildman–Crippen LogP) is 4.18. The van der Waals surface area contributed by atoms with E-state index in [0.717, 1.165) is 15.6 Å². The molecule has 1 amide bonds. The van der Waals surface area contributed by atoms with Crippen LogP contribution in [0.3, 0.4) is 0 Å². The largest absolute Gasteiger partial charge is 0.443 e. The molecule has 4 heteroatoms. The van der Waals surface area contributed by atoms with E-state index in [2.05, 4.69) is 34.7 Å². The highest BCUT2D eigenvalue weighted by molar-refractivity contribution is 14.1. The molecule has 3 nitrogen and oxygen atoms in total. The van der Waals surface area contributed by atoms with Crippen LogP contribution in [0.4, 0.5) is 4.79 Å². The third-order valence-corrected chi connectivity index (χ3v) is 4.53. The average molecular weight is 393 g/mol. The third kappa shape index (κ3) is 3.05. The number of nitrogens with zero attached hydrogens (tertiary/aromatic N) is 1. The van der Waals surface area contributed by atoms with Crippen LogP contribution in [-0.4, -0.2) is 21.5 Å². The topological polar surface area (TPSA) is 29.5 Å². The molecule has 1 saturated heterocycles.